The van der Waals surface area contributed by atoms with E-state index < -0.39 is 0 Å². The van der Waals surface area contributed by atoms with E-state index in [2.05, 4.69) is 5.32 Å². The molecule has 0 saturated carbocycles. The third kappa shape index (κ3) is 3.82. The van der Waals surface area contributed by atoms with E-state index in [-0.39, 0.29) is 12.0 Å². The lowest BCUT2D eigenvalue weighted by molar-refractivity contribution is -0.138. The van der Waals surface area contributed by atoms with Crippen molar-refractivity contribution in [3.8, 4) is 17.2 Å². The highest BCUT2D eigenvalue weighted by Crippen LogP contribution is 2.39. The minimum atomic E-state index is -0.305. The number of hydrogen-bond acceptors (Lipinski definition) is 6. The fourth-order valence-corrected chi connectivity index (χ4v) is 3.39. The normalized spacial score (nSPS) is 14.9. The van der Waals surface area contributed by atoms with Gasteiger partial charge in [0.25, 0.3) is 0 Å². The Balaban J connectivity index is 1.86. The van der Waals surface area contributed by atoms with E-state index in [1.54, 1.807) is 28.3 Å². The molecule has 1 N–H and O–H groups in total. The summed E-state index contributed by atoms with van der Waals surface area (Å²) >= 11 is 0. The highest BCUT2D eigenvalue weighted by Gasteiger charge is 2.30. The molecule has 6 nitrogen and oxygen atoms in total. The third-order valence-electron chi connectivity index (χ3n) is 4.67. The monoisotopic (exact) mass is 383 g/mol. The molecule has 1 aliphatic carbocycles. The standard InChI is InChI=1S/C22H25NO5/c1-5-28-22(24)17-12-15-8-6-7-9-16(15)20(17)23-13-14-10-18(25-2)21(27-4)19(11-14)26-3/h6-12,20,23H,5,13H2,1-4H3/t20-/m0/s1. The molecule has 2 aromatic carbocycles. The zero-order valence-corrected chi connectivity index (χ0v) is 16.6. The van der Waals surface area contributed by atoms with Gasteiger partial charge in [-0.3, -0.25) is 0 Å². The van der Waals surface area contributed by atoms with Gasteiger partial charge < -0.3 is 24.3 Å². The number of hydrogen-bond donors (Lipinski definition) is 1. The van der Waals surface area contributed by atoms with E-state index in [0.29, 0.717) is 36.0 Å². The first-order chi connectivity index (χ1) is 13.6. The number of esters is 1. The number of rotatable bonds is 8. The molecule has 0 aromatic heterocycles. The summed E-state index contributed by atoms with van der Waals surface area (Å²) < 4.78 is 21.5. The molecule has 0 heterocycles. The summed E-state index contributed by atoms with van der Waals surface area (Å²) in [5.41, 5.74) is 3.63. The average molecular weight is 383 g/mol. The zero-order chi connectivity index (χ0) is 20.1. The summed E-state index contributed by atoms with van der Waals surface area (Å²) in [7, 11) is 4.75. The van der Waals surface area contributed by atoms with Crippen LogP contribution < -0.4 is 19.5 Å². The lowest BCUT2D eigenvalue weighted by atomic mass is 10.0. The van der Waals surface area contributed by atoms with Gasteiger partial charge in [0.2, 0.25) is 5.75 Å². The van der Waals surface area contributed by atoms with Crippen LogP contribution in [-0.4, -0.2) is 33.9 Å². The molecule has 0 radical (unpaired) electrons. The molecule has 6 heteroatoms. The van der Waals surface area contributed by atoms with Gasteiger partial charge >= 0.3 is 5.97 Å². The molecule has 0 aliphatic heterocycles. The summed E-state index contributed by atoms with van der Waals surface area (Å²) in [6, 6.07) is 11.5. The van der Waals surface area contributed by atoms with Crippen LogP contribution >= 0.6 is 0 Å². The van der Waals surface area contributed by atoms with Gasteiger partial charge in [-0.15, -0.1) is 0 Å². The third-order valence-corrected chi connectivity index (χ3v) is 4.67. The number of nitrogens with one attached hydrogen (secondary N) is 1. The Bertz CT molecular complexity index is 865. The van der Waals surface area contributed by atoms with Crippen molar-refractivity contribution >= 4 is 12.0 Å². The molecule has 28 heavy (non-hydrogen) atoms. The van der Waals surface area contributed by atoms with E-state index >= 15 is 0 Å². The van der Waals surface area contributed by atoms with Crippen LogP contribution in [0.1, 0.15) is 29.7 Å². The second kappa shape index (κ2) is 8.80. The molecule has 3 rings (SSSR count). The van der Waals surface area contributed by atoms with Gasteiger partial charge in [0, 0.05) is 6.54 Å². The molecule has 2 aromatic rings. The maximum Gasteiger partial charge on any atom is 0.335 e. The van der Waals surface area contributed by atoms with Gasteiger partial charge in [-0.1, -0.05) is 24.3 Å². The predicted molar refractivity (Wildman–Crippen MR) is 107 cm³/mol. The van der Waals surface area contributed by atoms with Crippen LogP contribution in [0.25, 0.3) is 6.08 Å². The van der Waals surface area contributed by atoms with Crippen molar-refractivity contribution in [3.05, 3.63) is 58.7 Å². The van der Waals surface area contributed by atoms with Crippen LogP contribution in [0.4, 0.5) is 0 Å². The Morgan fingerprint density at radius 1 is 1.04 bits per heavy atom. The van der Waals surface area contributed by atoms with Crippen LogP contribution in [0, 0.1) is 0 Å². The highest BCUT2D eigenvalue weighted by atomic mass is 16.5. The molecule has 1 atom stereocenters. The number of carbonyl (C=O) groups is 1. The topological polar surface area (TPSA) is 66.0 Å². The van der Waals surface area contributed by atoms with Gasteiger partial charge in [0.05, 0.1) is 39.6 Å². The van der Waals surface area contributed by atoms with Crippen molar-refractivity contribution in [1.82, 2.24) is 5.32 Å². The van der Waals surface area contributed by atoms with E-state index in [1.165, 1.54) is 0 Å². The van der Waals surface area contributed by atoms with Crippen molar-refractivity contribution in [2.75, 3.05) is 27.9 Å². The Morgan fingerprint density at radius 2 is 1.71 bits per heavy atom. The van der Waals surface area contributed by atoms with Gasteiger partial charge in [-0.2, -0.15) is 0 Å². The lowest BCUT2D eigenvalue weighted by Gasteiger charge is -2.19. The summed E-state index contributed by atoms with van der Waals surface area (Å²) in [5, 5.41) is 3.46. The van der Waals surface area contributed by atoms with Gasteiger partial charge in [0.1, 0.15) is 0 Å². The van der Waals surface area contributed by atoms with Crippen molar-refractivity contribution < 1.29 is 23.7 Å². The molecular weight excluding hydrogens is 358 g/mol. The van der Waals surface area contributed by atoms with Crippen molar-refractivity contribution in [3.63, 3.8) is 0 Å². The Labute approximate surface area is 165 Å². The van der Waals surface area contributed by atoms with Gasteiger partial charge in [-0.25, -0.2) is 4.79 Å². The van der Waals surface area contributed by atoms with E-state index in [4.69, 9.17) is 18.9 Å². The maximum absolute atomic E-state index is 12.4. The first-order valence-electron chi connectivity index (χ1n) is 9.12. The van der Waals surface area contributed by atoms with Gasteiger partial charge in [-0.05, 0) is 41.8 Å². The molecule has 0 amide bonds. The minimum Gasteiger partial charge on any atom is -0.493 e. The summed E-state index contributed by atoms with van der Waals surface area (Å²) in [5.74, 6) is 1.42. The second-order valence-electron chi connectivity index (χ2n) is 6.30. The molecule has 0 bridgehead atoms. The summed E-state index contributed by atoms with van der Waals surface area (Å²) in [4.78, 5) is 12.4. The average Bonchev–Trinajstić information content (AvgIpc) is 3.10. The zero-order valence-electron chi connectivity index (χ0n) is 16.6. The number of methoxy groups -OCH3 is 3. The Morgan fingerprint density at radius 3 is 2.32 bits per heavy atom. The smallest absolute Gasteiger partial charge is 0.335 e. The largest absolute Gasteiger partial charge is 0.493 e. The number of fused-ring (bicyclic) bond motifs is 1. The van der Waals surface area contributed by atoms with Crippen molar-refractivity contribution in [2.24, 2.45) is 0 Å². The van der Waals surface area contributed by atoms with Crippen LogP contribution in [0.2, 0.25) is 0 Å². The van der Waals surface area contributed by atoms with E-state index in [9.17, 15) is 4.79 Å². The predicted octanol–water partition coefficient (Wildman–Crippen LogP) is 3.50. The maximum atomic E-state index is 12.4. The quantitative estimate of drug-likeness (QED) is 0.704. The first kappa shape index (κ1) is 19.8. The van der Waals surface area contributed by atoms with Crippen LogP contribution in [-0.2, 0) is 16.1 Å². The first-order valence-corrected chi connectivity index (χ1v) is 9.12. The highest BCUT2D eigenvalue weighted by molar-refractivity contribution is 5.98. The van der Waals surface area contributed by atoms with Crippen LogP contribution in [0.5, 0.6) is 17.2 Å². The Hall–Kier alpha value is -2.99. The molecule has 0 unspecified atom stereocenters. The molecule has 0 saturated heterocycles. The second-order valence-corrected chi connectivity index (χ2v) is 6.30. The number of benzene rings is 2. The minimum absolute atomic E-state index is 0.241. The van der Waals surface area contributed by atoms with Gasteiger partial charge in [0.15, 0.2) is 11.5 Å². The molecule has 0 fully saturated rings. The lowest BCUT2D eigenvalue weighted by Crippen LogP contribution is -2.25. The van der Waals surface area contributed by atoms with Crippen molar-refractivity contribution in [2.45, 2.75) is 19.5 Å². The van der Waals surface area contributed by atoms with E-state index in [1.807, 2.05) is 42.5 Å². The fourth-order valence-electron chi connectivity index (χ4n) is 3.39. The molecule has 1 aliphatic rings. The fraction of sp³-hybridized carbons (Fsp3) is 0.318. The molecule has 0 spiro atoms. The number of carbonyl (C=O) groups excluding carboxylic acids is 1. The van der Waals surface area contributed by atoms with Crippen LogP contribution in [0.3, 0.4) is 0 Å². The summed E-state index contributed by atoms with van der Waals surface area (Å²) in [6.07, 6.45) is 1.89. The van der Waals surface area contributed by atoms with Crippen molar-refractivity contribution in [1.29, 1.82) is 0 Å². The van der Waals surface area contributed by atoms with E-state index in [0.717, 1.165) is 16.7 Å². The summed E-state index contributed by atoms with van der Waals surface area (Å²) in [6.45, 7) is 2.65. The SMILES string of the molecule is CCOC(=O)C1=Cc2ccccc2[C@@H]1NCc1cc(OC)c(OC)c(OC)c1. The molecular formula is C22H25NO5. The number of ether oxygens (including phenoxy) is 4. The van der Waals surface area contributed by atoms with Crippen LogP contribution in [0.15, 0.2) is 42.0 Å². The Kier molecular flexibility index (Phi) is 6.21. The molecule has 148 valence electrons.